The van der Waals surface area contributed by atoms with E-state index in [0.717, 1.165) is 5.75 Å². The third-order valence-electron chi connectivity index (χ3n) is 2.95. The summed E-state index contributed by atoms with van der Waals surface area (Å²) in [6, 6.07) is 5.20. The molecule has 1 aliphatic rings. The van der Waals surface area contributed by atoms with E-state index in [9.17, 15) is 4.79 Å². The largest absolute Gasteiger partial charge is 0.496 e. The number of carbonyl (C=O) groups is 1. The number of oxime groups is 1. The average Bonchev–Trinajstić information content (AvgIpc) is 2.49. The van der Waals surface area contributed by atoms with E-state index in [-0.39, 0.29) is 11.5 Å². The van der Waals surface area contributed by atoms with Crippen LogP contribution >= 0.6 is 23.4 Å². The minimum absolute atomic E-state index is 0.187. The smallest absolute Gasteiger partial charge is 0.265 e. The summed E-state index contributed by atoms with van der Waals surface area (Å²) >= 11 is 7.65. The van der Waals surface area contributed by atoms with Crippen molar-refractivity contribution in [2.75, 3.05) is 17.7 Å². The number of amides is 1. The zero-order valence-electron chi connectivity index (χ0n) is 14.2. The molecule has 7 heteroatoms. The van der Waals surface area contributed by atoms with Gasteiger partial charge in [0.2, 0.25) is 0 Å². The summed E-state index contributed by atoms with van der Waals surface area (Å²) in [6.07, 6.45) is 1.53. The number of anilines is 1. The number of thioether (sulfide) groups is 1. The van der Waals surface area contributed by atoms with Crippen molar-refractivity contribution in [3.05, 3.63) is 39.4 Å². The molecule has 1 N–H and O–H groups in total. The minimum Gasteiger partial charge on any atom is -0.496 e. The summed E-state index contributed by atoms with van der Waals surface area (Å²) in [7, 11) is 0. The Morgan fingerprint density at radius 1 is 1.46 bits per heavy atom. The number of hydrogen-bond acceptors (Lipinski definition) is 5. The maximum Gasteiger partial charge on any atom is 0.265 e. The molecule has 2 rings (SSSR count). The van der Waals surface area contributed by atoms with E-state index >= 15 is 0 Å². The van der Waals surface area contributed by atoms with Gasteiger partial charge in [-0.2, -0.15) is 0 Å². The monoisotopic (exact) mass is 368 g/mol. The Kier molecular flexibility index (Phi) is 6.18. The van der Waals surface area contributed by atoms with Crippen LogP contribution in [0.15, 0.2) is 34.0 Å². The van der Waals surface area contributed by atoms with Gasteiger partial charge in [-0.15, -0.1) is 11.8 Å². The molecule has 24 heavy (non-hydrogen) atoms. The maximum atomic E-state index is 12.4. The second-order valence-electron chi connectivity index (χ2n) is 6.21. The van der Waals surface area contributed by atoms with E-state index in [4.69, 9.17) is 21.2 Å². The predicted molar refractivity (Wildman–Crippen MR) is 99.6 cm³/mol. The molecule has 0 bridgehead atoms. The van der Waals surface area contributed by atoms with Gasteiger partial charge < -0.3 is 14.9 Å². The van der Waals surface area contributed by atoms with Gasteiger partial charge in [0, 0.05) is 22.0 Å². The van der Waals surface area contributed by atoms with Crippen LogP contribution < -0.4 is 5.32 Å². The highest BCUT2D eigenvalue weighted by molar-refractivity contribution is 8.04. The van der Waals surface area contributed by atoms with Gasteiger partial charge in [0.15, 0.2) is 0 Å². The summed E-state index contributed by atoms with van der Waals surface area (Å²) in [4.78, 5) is 18.3. The standard InChI is InChI=1S/C17H21ClN2O3S/c1-11-15(24-8-7-22-11)16(21)20-13-5-6-14(18)12(9-13)10-19-23-17(2,3)4/h5-6,9-10H,7-8H2,1-4H3,(H,20,21)/b19-10+. The molecule has 5 nitrogen and oxygen atoms in total. The van der Waals surface area contributed by atoms with Gasteiger partial charge in [-0.1, -0.05) is 16.8 Å². The molecule has 0 saturated carbocycles. The molecule has 0 fully saturated rings. The number of allylic oxidation sites excluding steroid dienone is 1. The van der Waals surface area contributed by atoms with E-state index in [2.05, 4.69) is 10.5 Å². The van der Waals surface area contributed by atoms with Crippen molar-refractivity contribution in [1.29, 1.82) is 0 Å². The van der Waals surface area contributed by atoms with Crippen molar-refractivity contribution >= 4 is 41.2 Å². The molecule has 0 saturated heterocycles. The van der Waals surface area contributed by atoms with E-state index in [1.54, 1.807) is 25.1 Å². The third kappa shape index (κ3) is 5.46. The number of hydrogen-bond donors (Lipinski definition) is 1. The average molecular weight is 369 g/mol. The van der Waals surface area contributed by atoms with Crippen LogP contribution in [-0.2, 0) is 14.4 Å². The van der Waals surface area contributed by atoms with Gasteiger partial charge in [0.25, 0.3) is 5.91 Å². The number of halogens is 1. The molecular formula is C17H21ClN2O3S. The molecule has 0 aromatic heterocycles. The van der Waals surface area contributed by atoms with Gasteiger partial charge in [-0.3, -0.25) is 4.79 Å². The van der Waals surface area contributed by atoms with E-state index < -0.39 is 0 Å². The van der Waals surface area contributed by atoms with Gasteiger partial charge in [-0.25, -0.2) is 0 Å². The quantitative estimate of drug-likeness (QED) is 0.631. The third-order valence-corrected chi connectivity index (χ3v) is 4.42. The van der Waals surface area contributed by atoms with Crippen LogP contribution in [0.3, 0.4) is 0 Å². The maximum absolute atomic E-state index is 12.4. The summed E-state index contributed by atoms with van der Waals surface area (Å²) in [5.74, 6) is 1.23. The van der Waals surface area contributed by atoms with Crippen LogP contribution in [0.5, 0.6) is 0 Å². The van der Waals surface area contributed by atoms with Crippen LogP contribution in [0.2, 0.25) is 5.02 Å². The topological polar surface area (TPSA) is 59.9 Å². The number of nitrogens with one attached hydrogen (secondary N) is 1. The lowest BCUT2D eigenvalue weighted by Crippen LogP contribution is -2.18. The fourth-order valence-electron chi connectivity index (χ4n) is 1.88. The Labute approximate surface area is 151 Å². The van der Waals surface area contributed by atoms with Crippen molar-refractivity contribution in [1.82, 2.24) is 0 Å². The Morgan fingerprint density at radius 3 is 2.88 bits per heavy atom. The molecule has 1 amide bonds. The predicted octanol–water partition coefficient (Wildman–Crippen LogP) is 4.42. The highest BCUT2D eigenvalue weighted by atomic mass is 35.5. The fourth-order valence-corrected chi connectivity index (χ4v) is 2.86. The van der Waals surface area contributed by atoms with Crippen molar-refractivity contribution in [3.63, 3.8) is 0 Å². The van der Waals surface area contributed by atoms with Crippen molar-refractivity contribution in [3.8, 4) is 0 Å². The van der Waals surface area contributed by atoms with E-state index in [0.29, 0.717) is 33.5 Å². The Balaban J connectivity index is 2.12. The summed E-state index contributed by atoms with van der Waals surface area (Å²) in [5, 5.41) is 7.33. The fraction of sp³-hybridized carbons (Fsp3) is 0.412. The highest BCUT2D eigenvalue weighted by Crippen LogP contribution is 2.27. The summed E-state index contributed by atoms with van der Waals surface area (Å²) in [6.45, 7) is 8.14. The van der Waals surface area contributed by atoms with Crippen LogP contribution in [0.1, 0.15) is 33.3 Å². The minimum atomic E-state index is -0.378. The van der Waals surface area contributed by atoms with Crippen LogP contribution in [0.25, 0.3) is 0 Å². The molecule has 0 radical (unpaired) electrons. The first-order valence-corrected chi connectivity index (χ1v) is 8.91. The number of ether oxygens (including phenoxy) is 1. The van der Waals surface area contributed by atoms with Crippen molar-refractivity contribution in [2.24, 2.45) is 5.16 Å². The number of carbonyl (C=O) groups excluding carboxylic acids is 1. The molecule has 0 unspecified atom stereocenters. The number of benzene rings is 1. The van der Waals surface area contributed by atoms with Crippen LogP contribution in [0, 0.1) is 0 Å². The lowest BCUT2D eigenvalue weighted by Gasteiger charge is -2.18. The Bertz CT molecular complexity index is 681. The molecular weight excluding hydrogens is 348 g/mol. The number of rotatable bonds is 4. The molecule has 0 atom stereocenters. The van der Waals surface area contributed by atoms with Gasteiger partial charge in [0.05, 0.1) is 12.8 Å². The molecule has 1 aromatic rings. The van der Waals surface area contributed by atoms with E-state index in [1.165, 1.54) is 18.0 Å². The summed E-state index contributed by atoms with van der Waals surface area (Å²) in [5.41, 5.74) is 0.918. The molecule has 1 aliphatic heterocycles. The normalized spacial score (nSPS) is 15.4. The molecule has 1 aromatic carbocycles. The zero-order valence-corrected chi connectivity index (χ0v) is 15.8. The van der Waals surface area contributed by atoms with Crippen molar-refractivity contribution in [2.45, 2.75) is 33.3 Å². The first-order chi connectivity index (χ1) is 11.3. The lowest BCUT2D eigenvalue weighted by molar-refractivity contribution is -0.112. The second-order valence-corrected chi connectivity index (χ2v) is 7.72. The van der Waals surface area contributed by atoms with Crippen LogP contribution in [0.4, 0.5) is 5.69 Å². The van der Waals surface area contributed by atoms with Gasteiger partial charge >= 0.3 is 0 Å². The van der Waals surface area contributed by atoms with Gasteiger partial charge in [0.1, 0.15) is 16.3 Å². The molecule has 130 valence electrons. The SMILES string of the molecule is CC1=C(C(=O)Nc2ccc(Cl)c(/C=N/OC(C)(C)C)c2)SCCO1. The van der Waals surface area contributed by atoms with E-state index in [1.807, 2.05) is 20.8 Å². The van der Waals surface area contributed by atoms with Crippen molar-refractivity contribution < 1.29 is 14.4 Å². The molecule has 1 heterocycles. The number of nitrogens with zero attached hydrogens (tertiary/aromatic N) is 1. The molecule has 0 aliphatic carbocycles. The van der Waals surface area contributed by atoms with Crippen LogP contribution in [-0.4, -0.2) is 30.1 Å². The second kappa shape index (κ2) is 7.94. The summed E-state index contributed by atoms with van der Waals surface area (Å²) < 4.78 is 5.42. The molecule has 0 spiro atoms. The zero-order chi connectivity index (χ0) is 17.7. The highest BCUT2D eigenvalue weighted by Gasteiger charge is 2.19. The first kappa shape index (κ1) is 18.7. The Morgan fingerprint density at radius 2 is 2.21 bits per heavy atom. The first-order valence-electron chi connectivity index (χ1n) is 7.55. The lowest BCUT2D eigenvalue weighted by atomic mass is 10.2. The van der Waals surface area contributed by atoms with Gasteiger partial charge in [-0.05, 0) is 45.9 Å². The Hall–Kier alpha value is -1.66.